The van der Waals surface area contributed by atoms with Crippen LogP contribution in [0.3, 0.4) is 0 Å². The van der Waals surface area contributed by atoms with Crippen molar-refractivity contribution < 1.29 is 0 Å². The molecule has 1 aliphatic rings. The number of rotatable bonds is 1. The molecule has 0 amide bonds. The van der Waals surface area contributed by atoms with Crippen LogP contribution < -0.4 is 4.90 Å². The molecule has 0 saturated carbocycles. The normalized spacial score (nSPS) is 21.8. The molecule has 1 atom stereocenters. The van der Waals surface area contributed by atoms with Gasteiger partial charge in [-0.3, -0.25) is 0 Å². The molecule has 2 heterocycles. The zero-order valence-corrected chi connectivity index (χ0v) is 9.96. The Kier molecular flexibility index (Phi) is 3.10. The van der Waals surface area contributed by atoms with Crippen molar-refractivity contribution >= 4 is 17.5 Å². The van der Waals surface area contributed by atoms with Crippen LogP contribution in [-0.4, -0.2) is 23.1 Å². The van der Waals surface area contributed by atoms with Crippen molar-refractivity contribution in [3.63, 3.8) is 0 Å². The largest absolute Gasteiger partial charge is 0.341 e. The van der Waals surface area contributed by atoms with Crippen molar-refractivity contribution in [2.24, 2.45) is 5.92 Å². The van der Waals surface area contributed by atoms with E-state index in [1.54, 1.807) is 6.07 Å². The fourth-order valence-corrected chi connectivity index (χ4v) is 2.26. The average Bonchev–Trinajstić information content (AvgIpc) is 2.16. The van der Waals surface area contributed by atoms with Gasteiger partial charge in [-0.1, -0.05) is 18.5 Å². The predicted octanol–water partition coefficient (Wildman–Crippen LogP) is 2.67. The lowest BCUT2D eigenvalue weighted by Gasteiger charge is -2.31. The molecule has 0 aromatic carbocycles. The van der Waals surface area contributed by atoms with Crippen LogP contribution in [-0.2, 0) is 0 Å². The predicted molar refractivity (Wildman–Crippen MR) is 62.4 cm³/mol. The van der Waals surface area contributed by atoms with Gasteiger partial charge in [-0.05, 0) is 31.7 Å². The molecule has 3 nitrogen and oxygen atoms in total. The summed E-state index contributed by atoms with van der Waals surface area (Å²) in [7, 11) is 0. The first kappa shape index (κ1) is 10.7. The van der Waals surface area contributed by atoms with E-state index in [-0.39, 0.29) is 0 Å². The fraction of sp³-hybridized carbons (Fsp3) is 0.636. The first-order valence-corrected chi connectivity index (χ1v) is 5.79. The van der Waals surface area contributed by atoms with Gasteiger partial charge in [0.05, 0.1) is 0 Å². The van der Waals surface area contributed by atoms with Crippen LogP contribution in [0, 0.1) is 12.8 Å². The third-order valence-electron chi connectivity index (χ3n) is 2.75. The molecule has 4 heteroatoms. The summed E-state index contributed by atoms with van der Waals surface area (Å²) in [4.78, 5) is 10.9. The van der Waals surface area contributed by atoms with E-state index in [4.69, 9.17) is 11.6 Å². The molecule has 0 spiro atoms. The van der Waals surface area contributed by atoms with E-state index in [1.165, 1.54) is 12.8 Å². The molecular formula is C11H16ClN3. The summed E-state index contributed by atoms with van der Waals surface area (Å²) in [6.07, 6.45) is 2.52. The molecule has 1 fully saturated rings. The molecular weight excluding hydrogens is 210 g/mol. The third kappa shape index (κ3) is 2.59. The zero-order chi connectivity index (χ0) is 10.8. The van der Waals surface area contributed by atoms with Crippen LogP contribution in [0.1, 0.15) is 25.5 Å². The van der Waals surface area contributed by atoms with E-state index in [0.717, 1.165) is 30.6 Å². The molecule has 0 N–H and O–H groups in total. The Morgan fingerprint density at radius 3 is 2.93 bits per heavy atom. The minimum absolute atomic E-state index is 0.538. The average molecular weight is 226 g/mol. The van der Waals surface area contributed by atoms with Crippen LogP contribution in [0.5, 0.6) is 0 Å². The number of nitrogens with zero attached hydrogens (tertiary/aromatic N) is 3. The van der Waals surface area contributed by atoms with E-state index in [2.05, 4.69) is 21.8 Å². The second-order valence-electron chi connectivity index (χ2n) is 4.33. The summed E-state index contributed by atoms with van der Waals surface area (Å²) < 4.78 is 0. The van der Waals surface area contributed by atoms with Crippen LogP contribution in [0.4, 0.5) is 5.95 Å². The second kappa shape index (κ2) is 4.35. The highest BCUT2D eigenvalue weighted by molar-refractivity contribution is 6.29. The Morgan fingerprint density at radius 2 is 2.27 bits per heavy atom. The number of aryl methyl sites for hydroxylation is 1. The highest BCUT2D eigenvalue weighted by atomic mass is 35.5. The number of hydrogen-bond donors (Lipinski definition) is 0. The first-order chi connectivity index (χ1) is 7.15. The van der Waals surface area contributed by atoms with Gasteiger partial charge in [0.25, 0.3) is 0 Å². The molecule has 0 unspecified atom stereocenters. The Balaban J connectivity index is 2.20. The van der Waals surface area contributed by atoms with Crippen LogP contribution in [0.25, 0.3) is 0 Å². The molecule has 0 aliphatic carbocycles. The molecule has 1 aromatic rings. The maximum atomic E-state index is 5.93. The van der Waals surface area contributed by atoms with E-state index in [0.29, 0.717) is 5.15 Å². The van der Waals surface area contributed by atoms with Gasteiger partial charge in [-0.25, -0.2) is 9.97 Å². The number of piperidine rings is 1. The number of hydrogen-bond acceptors (Lipinski definition) is 3. The van der Waals surface area contributed by atoms with Gasteiger partial charge >= 0.3 is 0 Å². The summed E-state index contributed by atoms with van der Waals surface area (Å²) in [6, 6.07) is 1.79. The van der Waals surface area contributed by atoms with Gasteiger partial charge in [0.2, 0.25) is 5.95 Å². The van der Waals surface area contributed by atoms with E-state index < -0.39 is 0 Å². The molecule has 2 rings (SSSR count). The molecule has 1 saturated heterocycles. The molecule has 0 radical (unpaired) electrons. The minimum atomic E-state index is 0.538. The zero-order valence-electron chi connectivity index (χ0n) is 9.20. The molecule has 1 aliphatic heterocycles. The molecule has 0 bridgehead atoms. The van der Waals surface area contributed by atoms with Crippen molar-refractivity contribution in [2.75, 3.05) is 18.0 Å². The summed E-state index contributed by atoms with van der Waals surface area (Å²) in [5.74, 6) is 1.51. The third-order valence-corrected chi connectivity index (χ3v) is 2.94. The van der Waals surface area contributed by atoms with Crippen molar-refractivity contribution in [3.05, 3.63) is 16.9 Å². The lowest BCUT2D eigenvalue weighted by atomic mass is 10.0. The second-order valence-corrected chi connectivity index (χ2v) is 4.71. The molecule has 82 valence electrons. The smallest absolute Gasteiger partial charge is 0.226 e. The summed E-state index contributed by atoms with van der Waals surface area (Å²) in [5, 5.41) is 0.538. The highest BCUT2D eigenvalue weighted by Crippen LogP contribution is 2.21. The quantitative estimate of drug-likeness (QED) is 0.689. The SMILES string of the molecule is Cc1cc(Cl)nc(N2CCC[C@@H](C)C2)n1. The van der Waals surface area contributed by atoms with Gasteiger partial charge < -0.3 is 4.90 Å². The highest BCUT2D eigenvalue weighted by Gasteiger charge is 2.18. The summed E-state index contributed by atoms with van der Waals surface area (Å²) >= 11 is 5.93. The van der Waals surface area contributed by atoms with Crippen LogP contribution >= 0.6 is 11.6 Å². The lowest BCUT2D eigenvalue weighted by Crippen LogP contribution is -2.35. The van der Waals surface area contributed by atoms with E-state index in [1.807, 2.05) is 6.92 Å². The topological polar surface area (TPSA) is 29.0 Å². The molecule has 1 aromatic heterocycles. The maximum Gasteiger partial charge on any atom is 0.226 e. The Bertz CT molecular complexity index is 333. The van der Waals surface area contributed by atoms with Crippen LogP contribution in [0.15, 0.2) is 6.07 Å². The standard InChI is InChI=1S/C11H16ClN3/c1-8-4-3-5-15(7-8)11-13-9(2)6-10(12)14-11/h6,8H,3-5,7H2,1-2H3/t8-/m1/s1. The summed E-state index contributed by atoms with van der Waals surface area (Å²) in [5.41, 5.74) is 0.934. The van der Waals surface area contributed by atoms with Crippen molar-refractivity contribution in [3.8, 4) is 0 Å². The number of aromatic nitrogens is 2. The lowest BCUT2D eigenvalue weighted by molar-refractivity contribution is 0.442. The fourth-order valence-electron chi connectivity index (χ4n) is 2.03. The van der Waals surface area contributed by atoms with Crippen molar-refractivity contribution in [2.45, 2.75) is 26.7 Å². The number of anilines is 1. The van der Waals surface area contributed by atoms with Crippen molar-refractivity contribution in [1.82, 2.24) is 9.97 Å². The minimum Gasteiger partial charge on any atom is -0.341 e. The van der Waals surface area contributed by atoms with Gasteiger partial charge in [0, 0.05) is 18.8 Å². The van der Waals surface area contributed by atoms with E-state index in [9.17, 15) is 0 Å². The van der Waals surface area contributed by atoms with Gasteiger partial charge in [-0.15, -0.1) is 0 Å². The molecule has 15 heavy (non-hydrogen) atoms. The first-order valence-electron chi connectivity index (χ1n) is 5.41. The van der Waals surface area contributed by atoms with Gasteiger partial charge in [0.15, 0.2) is 0 Å². The Morgan fingerprint density at radius 1 is 1.47 bits per heavy atom. The Labute approximate surface area is 95.5 Å². The van der Waals surface area contributed by atoms with Crippen molar-refractivity contribution in [1.29, 1.82) is 0 Å². The monoisotopic (exact) mass is 225 g/mol. The maximum absolute atomic E-state index is 5.93. The Hall–Kier alpha value is -0.830. The van der Waals surface area contributed by atoms with Gasteiger partial charge in [-0.2, -0.15) is 0 Å². The van der Waals surface area contributed by atoms with E-state index >= 15 is 0 Å². The van der Waals surface area contributed by atoms with Gasteiger partial charge in [0.1, 0.15) is 5.15 Å². The summed E-state index contributed by atoms with van der Waals surface area (Å²) in [6.45, 7) is 6.30. The van der Waals surface area contributed by atoms with Crippen LogP contribution in [0.2, 0.25) is 5.15 Å². The number of halogens is 1.